The molecule has 2 unspecified atom stereocenters. The maximum Gasteiger partial charge on any atom is 0.225 e. The third kappa shape index (κ3) is 4.22. The Morgan fingerprint density at radius 3 is 2.65 bits per heavy atom. The standard InChI is InChI=1S/C17H23N5OS.2ClH/c18-13-3-1-2-12(10-13)17(23)22-7-5-21(6-8-22)16-15-14(4-9-24-15)19-11-20-16;;/h4,9,11-13H,1-3,5-8,10,18H2;2*1H. The molecule has 1 aliphatic heterocycles. The molecule has 0 bridgehead atoms. The first-order valence-electron chi connectivity index (χ1n) is 8.70. The van der Waals surface area contributed by atoms with E-state index >= 15 is 0 Å². The molecule has 2 fully saturated rings. The fraction of sp³-hybridized carbons (Fsp3) is 0.588. The number of anilines is 1. The van der Waals surface area contributed by atoms with Gasteiger partial charge in [0.1, 0.15) is 12.1 Å². The number of hydrogen-bond donors (Lipinski definition) is 1. The predicted molar refractivity (Wildman–Crippen MR) is 111 cm³/mol. The zero-order valence-corrected chi connectivity index (χ0v) is 17.0. The summed E-state index contributed by atoms with van der Waals surface area (Å²) in [6.45, 7) is 3.19. The van der Waals surface area contributed by atoms with Gasteiger partial charge in [0.15, 0.2) is 0 Å². The SMILES string of the molecule is Cl.Cl.NC1CCCC(C(=O)N2CCN(c3ncnc4ccsc34)CC2)C1. The van der Waals surface area contributed by atoms with Crippen molar-refractivity contribution in [3.8, 4) is 0 Å². The van der Waals surface area contributed by atoms with Crippen molar-refractivity contribution >= 4 is 58.1 Å². The van der Waals surface area contributed by atoms with E-state index in [1.165, 1.54) is 0 Å². The maximum absolute atomic E-state index is 12.7. The molecule has 1 aliphatic carbocycles. The lowest BCUT2D eigenvalue weighted by Crippen LogP contribution is -2.51. The number of piperazine rings is 1. The monoisotopic (exact) mass is 417 g/mol. The van der Waals surface area contributed by atoms with E-state index in [1.807, 2.05) is 11.0 Å². The van der Waals surface area contributed by atoms with Crippen LogP contribution in [0.25, 0.3) is 10.2 Å². The molecule has 0 aromatic carbocycles. The molecular formula is C17H25Cl2N5OS. The van der Waals surface area contributed by atoms with Gasteiger partial charge in [-0.25, -0.2) is 9.97 Å². The average molecular weight is 418 g/mol. The Morgan fingerprint density at radius 1 is 1.15 bits per heavy atom. The lowest BCUT2D eigenvalue weighted by molar-refractivity contribution is -0.137. The first-order valence-corrected chi connectivity index (χ1v) is 9.58. The first kappa shape index (κ1) is 21.2. The molecule has 2 N–H and O–H groups in total. The van der Waals surface area contributed by atoms with Gasteiger partial charge in [0.2, 0.25) is 5.91 Å². The van der Waals surface area contributed by atoms with Gasteiger partial charge in [-0.1, -0.05) is 6.42 Å². The molecule has 2 aliphatic rings. The summed E-state index contributed by atoms with van der Waals surface area (Å²) < 4.78 is 1.13. The van der Waals surface area contributed by atoms with Crippen LogP contribution >= 0.6 is 36.2 Å². The predicted octanol–water partition coefficient (Wildman–Crippen LogP) is 2.70. The molecule has 26 heavy (non-hydrogen) atoms. The van der Waals surface area contributed by atoms with Gasteiger partial charge in [0, 0.05) is 38.1 Å². The van der Waals surface area contributed by atoms with Crippen molar-refractivity contribution in [2.75, 3.05) is 31.1 Å². The lowest BCUT2D eigenvalue weighted by atomic mass is 9.85. The number of hydrogen-bond acceptors (Lipinski definition) is 6. The zero-order chi connectivity index (χ0) is 16.5. The van der Waals surface area contributed by atoms with E-state index in [2.05, 4.69) is 20.2 Å². The van der Waals surface area contributed by atoms with E-state index in [4.69, 9.17) is 5.73 Å². The van der Waals surface area contributed by atoms with Crippen molar-refractivity contribution in [2.45, 2.75) is 31.7 Å². The molecule has 0 spiro atoms. The zero-order valence-electron chi connectivity index (χ0n) is 14.5. The maximum atomic E-state index is 12.7. The van der Waals surface area contributed by atoms with Crippen molar-refractivity contribution in [3.05, 3.63) is 17.8 Å². The Hall–Kier alpha value is -1.15. The summed E-state index contributed by atoms with van der Waals surface area (Å²) in [5.41, 5.74) is 7.04. The number of aromatic nitrogens is 2. The van der Waals surface area contributed by atoms with Crippen molar-refractivity contribution in [2.24, 2.45) is 11.7 Å². The second-order valence-electron chi connectivity index (χ2n) is 6.77. The van der Waals surface area contributed by atoms with Crippen LogP contribution in [-0.4, -0.2) is 53.0 Å². The molecule has 1 saturated heterocycles. The van der Waals surface area contributed by atoms with Crippen LogP contribution in [0.15, 0.2) is 17.8 Å². The molecule has 1 saturated carbocycles. The van der Waals surface area contributed by atoms with Gasteiger partial charge in [-0.05, 0) is 30.7 Å². The Morgan fingerprint density at radius 2 is 1.92 bits per heavy atom. The van der Waals surface area contributed by atoms with Gasteiger partial charge in [-0.2, -0.15) is 0 Å². The topological polar surface area (TPSA) is 75.4 Å². The van der Waals surface area contributed by atoms with Crippen LogP contribution in [0.5, 0.6) is 0 Å². The van der Waals surface area contributed by atoms with Crippen LogP contribution in [0.2, 0.25) is 0 Å². The highest BCUT2D eigenvalue weighted by molar-refractivity contribution is 7.17. The lowest BCUT2D eigenvalue weighted by Gasteiger charge is -2.38. The summed E-state index contributed by atoms with van der Waals surface area (Å²) in [5.74, 6) is 1.43. The van der Waals surface area contributed by atoms with E-state index in [0.717, 1.165) is 67.9 Å². The smallest absolute Gasteiger partial charge is 0.225 e. The third-order valence-electron chi connectivity index (χ3n) is 5.18. The van der Waals surface area contributed by atoms with Crippen LogP contribution in [0.3, 0.4) is 0 Å². The Bertz CT molecular complexity index is 735. The van der Waals surface area contributed by atoms with E-state index in [-0.39, 0.29) is 36.8 Å². The van der Waals surface area contributed by atoms with E-state index in [0.29, 0.717) is 5.91 Å². The van der Waals surface area contributed by atoms with Crippen LogP contribution in [-0.2, 0) is 4.79 Å². The van der Waals surface area contributed by atoms with Gasteiger partial charge < -0.3 is 15.5 Å². The first-order chi connectivity index (χ1) is 11.7. The number of carbonyl (C=O) groups excluding carboxylic acids is 1. The minimum absolute atomic E-state index is 0. The van der Waals surface area contributed by atoms with E-state index in [1.54, 1.807) is 17.7 Å². The molecule has 1 amide bonds. The number of thiophene rings is 1. The number of rotatable bonds is 2. The summed E-state index contributed by atoms with van der Waals surface area (Å²) in [5, 5.41) is 2.05. The van der Waals surface area contributed by atoms with Crippen LogP contribution in [0.4, 0.5) is 5.82 Å². The highest BCUT2D eigenvalue weighted by Gasteiger charge is 2.31. The summed E-state index contributed by atoms with van der Waals surface area (Å²) in [6.07, 6.45) is 5.61. The fourth-order valence-electron chi connectivity index (χ4n) is 3.85. The summed E-state index contributed by atoms with van der Waals surface area (Å²) in [6, 6.07) is 2.22. The van der Waals surface area contributed by atoms with Gasteiger partial charge >= 0.3 is 0 Å². The molecule has 2 atom stereocenters. The van der Waals surface area contributed by atoms with E-state index < -0.39 is 0 Å². The Balaban J connectivity index is 0.00000121. The van der Waals surface area contributed by atoms with Crippen LogP contribution in [0, 0.1) is 5.92 Å². The molecular weight excluding hydrogens is 393 g/mol. The number of nitrogens with two attached hydrogens (primary N) is 1. The van der Waals surface area contributed by atoms with Crippen molar-refractivity contribution in [1.29, 1.82) is 0 Å². The molecule has 3 heterocycles. The summed E-state index contributed by atoms with van der Waals surface area (Å²) in [4.78, 5) is 25.8. The van der Waals surface area contributed by atoms with Crippen molar-refractivity contribution in [1.82, 2.24) is 14.9 Å². The average Bonchev–Trinajstić information content (AvgIpc) is 3.10. The largest absolute Gasteiger partial charge is 0.352 e. The number of nitrogens with zero attached hydrogens (tertiary/aromatic N) is 4. The molecule has 6 nitrogen and oxygen atoms in total. The highest BCUT2D eigenvalue weighted by atomic mass is 35.5. The second-order valence-corrected chi connectivity index (χ2v) is 7.68. The number of fused-ring (bicyclic) bond motifs is 1. The van der Waals surface area contributed by atoms with Crippen LogP contribution < -0.4 is 10.6 Å². The Labute approximate surface area is 170 Å². The number of halogens is 2. The normalized spacial score (nSPS) is 23.3. The summed E-state index contributed by atoms with van der Waals surface area (Å²) >= 11 is 1.68. The Kier molecular flexibility index (Phi) is 7.46. The molecule has 2 aromatic rings. The van der Waals surface area contributed by atoms with E-state index in [9.17, 15) is 4.79 Å². The second kappa shape index (κ2) is 9.17. The molecule has 9 heteroatoms. The van der Waals surface area contributed by atoms with Crippen molar-refractivity contribution < 1.29 is 4.79 Å². The molecule has 144 valence electrons. The summed E-state index contributed by atoms with van der Waals surface area (Å²) in [7, 11) is 0. The van der Waals surface area contributed by atoms with Gasteiger partial charge in [0.05, 0.1) is 10.2 Å². The molecule has 0 radical (unpaired) electrons. The molecule has 4 rings (SSSR count). The third-order valence-corrected chi connectivity index (χ3v) is 6.08. The fourth-order valence-corrected chi connectivity index (χ4v) is 4.71. The highest BCUT2D eigenvalue weighted by Crippen LogP contribution is 2.29. The van der Waals surface area contributed by atoms with Crippen molar-refractivity contribution in [3.63, 3.8) is 0 Å². The quantitative estimate of drug-likeness (QED) is 0.812. The molecule has 2 aromatic heterocycles. The minimum Gasteiger partial charge on any atom is -0.352 e. The minimum atomic E-state index is 0. The number of carbonyl (C=O) groups is 1. The van der Waals surface area contributed by atoms with Gasteiger partial charge in [-0.3, -0.25) is 4.79 Å². The number of amides is 1. The van der Waals surface area contributed by atoms with Gasteiger partial charge in [0.25, 0.3) is 0 Å². The van der Waals surface area contributed by atoms with Gasteiger partial charge in [-0.15, -0.1) is 36.2 Å². The van der Waals surface area contributed by atoms with Crippen LogP contribution in [0.1, 0.15) is 25.7 Å².